The molecule has 0 fully saturated rings. The van der Waals surface area contributed by atoms with E-state index in [1.54, 1.807) is 6.92 Å². The molecule has 1 aromatic heterocycles. The molecule has 0 aliphatic rings. The first-order valence-electron chi connectivity index (χ1n) is 5.08. The lowest BCUT2D eigenvalue weighted by Gasteiger charge is -2.00. The van der Waals surface area contributed by atoms with E-state index in [9.17, 15) is 5.11 Å². The summed E-state index contributed by atoms with van der Waals surface area (Å²) in [6.45, 7) is 1.75. The third-order valence-electron chi connectivity index (χ3n) is 2.22. The molecule has 2 nitrogen and oxygen atoms in total. The summed E-state index contributed by atoms with van der Waals surface area (Å²) in [5, 5.41) is 9.23. The fourth-order valence-electron chi connectivity index (χ4n) is 1.54. The highest BCUT2D eigenvalue weighted by molar-refractivity contribution is 5.57. The molecule has 2 aromatic rings. The van der Waals surface area contributed by atoms with E-state index >= 15 is 0 Å². The topological polar surface area (TPSA) is 33.4 Å². The number of aliphatic hydroxyl groups excluding tert-OH is 1. The lowest BCUT2D eigenvalue weighted by atomic mass is 10.2. The van der Waals surface area contributed by atoms with Gasteiger partial charge in [0, 0.05) is 12.0 Å². The molecule has 0 saturated carbocycles. The van der Waals surface area contributed by atoms with Gasteiger partial charge in [0.2, 0.25) is 0 Å². The van der Waals surface area contributed by atoms with Gasteiger partial charge in [0.05, 0.1) is 6.10 Å². The van der Waals surface area contributed by atoms with E-state index in [1.807, 2.05) is 42.5 Å². The summed E-state index contributed by atoms with van der Waals surface area (Å²) in [7, 11) is 0. The molecule has 1 N–H and O–H groups in total. The second kappa shape index (κ2) is 4.32. The predicted molar refractivity (Wildman–Crippen MR) is 59.5 cm³/mol. The molecule has 1 aromatic carbocycles. The Kier molecular flexibility index (Phi) is 2.88. The minimum atomic E-state index is -0.361. The highest BCUT2D eigenvalue weighted by Crippen LogP contribution is 2.22. The quantitative estimate of drug-likeness (QED) is 0.830. The highest BCUT2D eigenvalue weighted by Gasteiger charge is 2.06. The van der Waals surface area contributed by atoms with Crippen LogP contribution < -0.4 is 0 Å². The highest BCUT2D eigenvalue weighted by atomic mass is 16.3. The third-order valence-corrected chi connectivity index (χ3v) is 2.22. The molecule has 2 rings (SSSR count). The molecule has 15 heavy (non-hydrogen) atoms. The molecule has 0 radical (unpaired) electrons. The standard InChI is InChI=1S/C13H14O2/c1-10(14)9-12-7-8-13(15-12)11-5-3-2-4-6-11/h2-8,10,14H,9H2,1H3. The summed E-state index contributed by atoms with van der Waals surface area (Å²) >= 11 is 0. The summed E-state index contributed by atoms with van der Waals surface area (Å²) in [6, 6.07) is 13.8. The first-order chi connectivity index (χ1) is 7.25. The fourth-order valence-corrected chi connectivity index (χ4v) is 1.54. The first kappa shape index (κ1) is 9.99. The molecule has 1 atom stereocenters. The van der Waals surface area contributed by atoms with Gasteiger partial charge in [-0.05, 0) is 19.1 Å². The molecule has 0 amide bonds. The van der Waals surface area contributed by atoms with Gasteiger partial charge < -0.3 is 9.52 Å². The van der Waals surface area contributed by atoms with E-state index in [0.29, 0.717) is 6.42 Å². The van der Waals surface area contributed by atoms with Crippen molar-refractivity contribution in [3.05, 3.63) is 48.2 Å². The molecule has 0 spiro atoms. The summed E-state index contributed by atoms with van der Waals surface area (Å²) in [4.78, 5) is 0. The van der Waals surface area contributed by atoms with Crippen LogP contribution in [0.2, 0.25) is 0 Å². The number of benzene rings is 1. The van der Waals surface area contributed by atoms with Crippen LogP contribution in [-0.4, -0.2) is 11.2 Å². The van der Waals surface area contributed by atoms with Gasteiger partial charge in [-0.2, -0.15) is 0 Å². The van der Waals surface area contributed by atoms with Gasteiger partial charge in [-0.1, -0.05) is 30.3 Å². The maximum absolute atomic E-state index is 9.23. The molecule has 2 heteroatoms. The molecular weight excluding hydrogens is 188 g/mol. The Morgan fingerprint density at radius 2 is 1.87 bits per heavy atom. The summed E-state index contributed by atoms with van der Waals surface area (Å²) in [6.07, 6.45) is 0.201. The van der Waals surface area contributed by atoms with Crippen LogP contribution in [0.4, 0.5) is 0 Å². The van der Waals surface area contributed by atoms with Gasteiger partial charge in [0.1, 0.15) is 11.5 Å². The van der Waals surface area contributed by atoms with Crippen molar-refractivity contribution in [2.24, 2.45) is 0 Å². The maximum Gasteiger partial charge on any atom is 0.134 e. The molecule has 0 bridgehead atoms. The van der Waals surface area contributed by atoms with Crippen molar-refractivity contribution in [3.8, 4) is 11.3 Å². The van der Waals surface area contributed by atoms with Crippen molar-refractivity contribution in [1.82, 2.24) is 0 Å². The molecule has 1 unspecified atom stereocenters. The second-order valence-corrected chi connectivity index (χ2v) is 3.69. The average molecular weight is 202 g/mol. The minimum Gasteiger partial charge on any atom is -0.461 e. The summed E-state index contributed by atoms with van der Waals surface area (Å²) in [5.74, 6) is 1.68. The van der Waals surface area contributed by atoms with E-state index in [2.05, 4.69) is 0 Å². The van der Waals surface area contributed by atoms with Crippen LogP contribution >= 0.6 is 0 Å². The lowest BCUT2D eigenvalue weighted by Crippen LogP contribution is -2.02. The molecule has 0 aliphatic heterocycles. The Labute approximate surface area is 89.2 Å². The molecule has 0 saturated heterocycles. The number of rotatable bonds is 3. The zero-order chi connectivity index (χ0) is 10.7. The van der Waals surface area contributed by atoms with Gasteiger partial charge in [-0.25, -0.2) is 0 Å². The number of hydrogen-bond acceptors (Lipinski definition) is 2. The molecule has 0 aliphatic carbocycles. The Bertz CT molecular complexity index is 415. The van der Waals surface area contributed by atoms with Crippen LogP contribution in [-0.2, 0) is 6.42 Å². The zero-order valence-electron chi connectivity index (χ0n) is 8.68. The normalized spacial score (nSPS) is 12.7. The van der Waals surface area contributed by atoms with E-state index in [1.165, 1.54) is 0 Å². The molecular formula is C13H14O2. The van der Waals surface area contributed by atoms with Crippen molar-refractivity contribution in [1.29, 1.82) is 0 Å². The third kappa shape index (κ3) is 2.48. The number of hydrogen-bond donors (Lipinski definition) is 1. The SMILES string of the molecule is CC(O)Cc1ccc(-c2ccccc2)o1. The number of aliphatic hydroxyl groups is 1. The van der Waals surface area contributed by atoms with Crippen molar-refractivity contribution in [3.63, 3.8) is 0 Å². The van der Waals surface area contributed by atoms with E-state index in [0.717, 1.165) is 17.1 Å². The van der Waals surface area contributed by atoms with Crippen LogP contribution in [0.25, 0.3) is 11.3 Å². The second-order valence-electron chi connectivity index (χ2n) is 3.69. The van der Waals surface area contributed by atoms with Gasteiger partial charge in [0.15, 0.2) is 0 Å². The number of furan rings is 1. The van der Waals surface area contributed by atoms with Crippen LogP contribution in [0.15, 0.2) is 46.9 Å². The van der Waals surface area contributed by atoms with Gasteiger partial charge in [0.25, 0.3) is 0 Å². The van der Waals surface area contributed by atoms with Crippen LogP contribution in [0.5, 0.6) is 0 Å². The lowest BCUT2D eigenvalue weighted by molar-refractivity contribution is 0.187. The summed E-state index contributed by atoms with van der Waals surface area (Å²) in [5.41, 5.74) is 1.06. The largest absolute Gasteiger partial charge is 0.461 e. The van der Waals surface area contributed by atoms with Crippen molar-refractivity contribution >= 4 is 0 Å². The van der Waals surface area contributed by atoms with Gasteiger partial charge >= 0.3 is 0 Å². The predicted octanol–water partition coefficient (Wildman–Crippen LogP) is 2.87. The average Bonchev–Trinajstić information content (AvgIpc) is 2.67. The Morgan fingerprint density at radius 3 is 2.53 bits per heavy atom. The molecule has 78 valence electrons. The van der Waals surface area contributed by atoms with Gasteiger partial charge in [-0.15, -0.1) is 0 Å². The Hall–Kier alpha value is -1.54. The van der Waals surface area contributed by atoms with E-state index in [4.69, 9.17) is 4.42 Å². The van der Waals surface area contributed by atoms with Crippen molar-refractivity contribution < 1.29 is 9.52 Å². The first-order valence-corrected chi connectivity index (χ1v) is 5.08. The Morgan fingerprint density at radius 1 is 1.13 bits per heavy atom. The van der Waals surface area contributed by atoms with Crippen molar-refractivity contribution in [2.75, 3.05) is 0 Å². The van der Waals surface area contributed by atoms with E-state index in [-0.39, 0.29) is 6.10 Å². The monoisotopic (exact) mass is 202 g/mol. The zero-order valence-corrected chi connectivity index (χ0v) is 8.68. The van der Waals surface area contributed by atoms with E-state index < -0.39 is 0 Å². The Balaban J connectivity index is 2.21. The molecule has 1 heterocycles. The van der Waals surface area contributed by atoms with Crippen LogP contribution in [0.1, 0.15) is 12.7 Å². The van der Waals surface area contributed by atoms with Crippen LogP contribution in [0.3, 0.4) is 0 Å². The van der Waals surface area contributed by atoms with Gasteiger partial charge in [-0.3, -0.25) is 0 Å². The smallest absolute Gasteiger partial charge is 0.134 e. The van der Waals surface area contributed by atoms with Crippen LogP contribution in [0, 0.1) is 0 Å². The fraction of sp³-hybridized carbons (Fsp3) is 0.231. The maximum atomic E-state index is 9.23. The van der Waals surface area contributed by atoms with Crippen molar-refractivity contribution in [2.45, 2.75) is 19.4 Å². The summed E-state index contributed by atoms with van der Waals surface area (Å²) < 4.78 is 5.62. The minimum absolute atomic E-state index is 0.361.